The van der Waals surface area contributed by atoms with E-state index in [4.69, 9.17) is 16.9 Å². The Morgan fingerprint density at radius 2 is 2.04 bits per heavy atom. The molecular weight excluding hydrogens is 393 g/mol. The van der Waals surface area contributed by atoms with Crippen molar-refractivity contribution in [2.45, 2.75) is 11.3 Å². The van der Waals surface area contributed by atoms with E-state index in [9.17, 15) is 17.6 Å². The number of nitriles is 1. The number of fused-ring (bicyclic) bond motifs is 1. The molecule has 0 bridgehead atoms. The van der Waals surface area contributed by atoms with E-state index in [1.807, 2.05) is 4.72 Å². The van der Waals surface area contributed by atoms with Crippen LogP contribution in [-0.2, 0) is 21.2 Å². The number of carbonyl (C=O) groups excluding carboxylic acids is 1. The van der Waals surface area contributed by atoms with Crippen LogP contribution in [-0.4, -0.2) is 19.3 Å². The fourth-order valence-electron chi connectivity index (χ4n) is 2.50. The van der Waals surface area contributed by atoms with Crippen molar-refractivity contribution < 1.29 is 17.6 Å². The van der Waals surface area contributed by atoms with Crippen LogP contribution in [0.15, 0.2) is 53.6 Å². The van der Waals surface area contributed by atoms with Gasteiger partial charge in [0.2, 0.25) is 5.91 Å². The molecule has 3 rings (SSSR count). The van der Waals surface area contributed by atoms with Crippen molar-refractivity contribution in [2.75, 3.05) is 0 Å². The summed E-state index contributed by atoms with van der Waals surface area (Å²) in [6.07, 6.45) is 0.909. The monoisotopic (exact) mass is 403 g/mol. The summed E-state index contributed by atoms with van der Waals surface area (Å²) in [5.41, 5.74) is 0.225. The molecule has 3 aromatic rings. The second-order valence-electron chi connectivity index (χ2n) is 5.60. The summed E-state index contributed by atoms with van der Waals surface area (Å²) in [7, 11) is -4.28. The average molecular weight is 404 g/mol. The number of amides is 1. The lowest BCUT2D eigenvalue weighted by Gasteiger charge is -2.10. The third-order valence-electron chi connectivity index (χ3n) is 3.71. The molecule has 0 aliphatic rings. The van der Waals surface area contributed by atoms with Crippen molar-refractivity contribution in [1.29, 1.82) is 5.26 Å². The van der Waals surface area contributed by atoms with Gasteiger partial charge in [-0.1, -0.05) is 23.7 Å². The minimum absolute atomic E-state index is 0.0317. The molecule has 1 N–H and O–H groups in total. The molecule has 136 valence electrons. The van der Waals surface area contributed by atoms with E-state index in [1.165, 1.54) is 24.4 Å². The van der Waals surface area contributed by atoms with E-state index in [-0.39, 0.29) is 26.6 Å². The summed E-state index contributed by atoms with van der Waals surface area (Å²) in [5, 5.41) is 9.39. The van der Waals surface area contributed by atoms with E-state index in [0.29, 0.717) is 5.39 Å². The fraction of sp³-hybridized carbons (Fsp3) is 0.0556. The van der Waals surface area contributed by atoms with Crippen molar-refractivity contribution in [1.82, 2.24) is 9.71 Å². The molecule has 6 nitrogen and oxygen atoms in total. The Kier molecular flexibility index (Phi) is 5.08. The molecule has 0 unspecified atom stereocenters. The first-order chi connectivity index (χ1) is 12.8. The Morgan fingerprint density at radius 1 is 1.26 bits per heavy atom. The van der Waals surface area contributed by atoms with Gasteiger partial charge in [0.05, 0.1) is 23.6 Å². The van der Waals surface area contributed by atoms with Crippen molar-refractivity contribution in [3.8, 4) is 6.07 Å². The van der Waals surface area contributed by atoms with E-state index in [0.717, 1.165) is 6.07 Å². The van der Waals surface area contributed by atoms with E-state index >= 15 is 0 Å². The van der Waals surface area contributed by atoms with Gasteiger partial charge < -0.3 is 0 Å². The average Bonchev–Trinajstić information content (AvgIpc) is 2.62. The lowest BCUT2D eigenvalue weighted by atomic mass is 10.1. The summed E-state index contributed by atoms with van der Waals surface area (Å²) in [5.74, 6) is -1.70. The highest BCUT2D eigenvalue weighted by atomic mass is 35.5. The zero-order chi connectivity index (χ0) is 19.6. The SMILES string of the molecule is N#Cc1ccc(CC(=O)NS(=O)(=O)c2cc(Cl)cc3cccnc23)c(F)c1. The summed E-state index contributed by atoms with van der Waals surface area (Å²) in [4.78, 5) is 15.9. The predicted molar refractivity (Wildman–Crippen MR) is 96.9 cm³/mol. The smallest absolute Gasteiger partial charge is 0.266 e. The minimum atomic E-state index is -4.28. The maximum Gasteiger partial charge on any atom is 0.266 e. The number of nitrogens with zero attached hydrogens (tertiary/aromatic N) is 2. The standard InChI is InChI=1S/C18H11ClFN3O3S/c19-14-7-13-2-1-5-22-18(13)16(9-14)27(25,26)23-17(24)8-12-4-3-11(10-21)6-15(12)20/h1-7,9H,8H2,(H,23,24). The van der Waals surface area contributed by atoms with E-state index < -0.39 is 28.2 Å². The number of sulfonamides is 1. The molecule has 0 saturated carbocycles. The molecule has 0 aliphatic heterocycles. The third kappa shape index (κ3) is 4.05. The fourth-order valence-corrected chi connectivity index (χ4v) is 3.98. The number of pyridine rings is 1. The predicted octanol–water partition coefficient (Wildman–Crippen LogP) is 2.95. The van der Waals surface area contributed by atoms with Crippen molar-refractivity contribution in [2.24, 2.45) is 0 Å². The molecule has 0 aliphatic carbocycles. The number of hydrogen-bond acceptors (Lipinski definition) is 5. The van der Waals surface area contributed by atoms with Gasteiger partial charge in [-0.2, -0.15) is 5.26 Å². The van der Waals surface area contributed by atoms with Gasteiger partial charge in [0.1, 0.15) is 10.7 Å². The molecule has 27 heavy (non-hydrogen) atoms. The molecule has 0 radical (unpaired) electrons. The molecule has 9 heteroatoms. The largest absolute Gasteiger partial charge is 0.274 e. The first-order valence-corrected chi connectivity index (χ1v) is 9.45. The van der Waals surface area contributed by atoms with Crippen LogP contribution in [0.25, 0.3) is 10.9 Å². The van der Waals surface area contributed by atoms with Crippen LogP contribution in [0.3, 0.4) is 0 Å². The van der Waals surface area contributed by atoms with Crippen LogP contribution < -0.4 is 4.72 Å². The zero-order valence-electron chi connectivity index (χ0n) is 13.6. The maximum atomic E-state index is 13.9. The van der Waals surface area contributed by atoms with Crippen LogP contribution in [0.2, 0.25) is 5.02 Å². The Morgan fingerprint density at radius 3 is 2.74 bits per heavy atom. The van der Waals surface area contributed by atoms with Gasteiger partial charge in [-0.25, -0.2) is 17.5 Å². The first kappa shape index (κ1) is 18.8. The van der Waals surface area contributed by atoms with Gasteiger partial charge in [0.25, 0.3) is 10.0 Å². The van der Waals surface area contributed by atoms with Crippen LogP contribution in [0.4, 0.5) is 4.39 Å². The van der Waals surface area contributed by atoms with Crippen molar-refractivity contribution in [3.05, 3.63) is 70.6 Å². The van der Waals surface area contributed by atoms with Crippen LogP contribution in [0.1, 0.15) is 11.1 Å². The van der Waals surface area contributed by atoms with Gasteiger partial charge in [0, 0.05) is 16.6 Å². The molecule has 0 saturated heterocycles. The summed E-state index contributed by atoms with van der Waals surface area (Å²) in [6.45, 7) is 0. The molecule has 0 spiro atoms. The molecular formula is C18H11ClFN3O3S. The lowest BCUT2D eigenvalue weighted by molar-refractivity contribution is -0.118. The normalized spacial score (nSPS) is 11.1. The number of benzene rings is 2. The lowest BCUT2D eigenvalue weighted by Crippen LogP contribution is -2.32. The summed E-state index contributed by atoms with van der Waals surface area (Å²) >= 11 is 5.96. The first-order valence-electron chi connectivity index (χ1n) is 7.58. The number of carbonyl (C=O) groups is 1. The highest BCUT2D eigenvalue weighted by molar-refractivity contribution is 7.90. The number of aromatic nitrogens is 1. The van der Waals surface area contributed by atoms with Gasteiger partial charge in [-0.05, 0) is 35.9 Å². The van der Waals surface area contributed by atoms with Crippen LogP contribution >= 0.6 is 11.6 Å². The number of hydrogen-bond donors (Lipinski definition) is 1. The number of rotatable bonds is 4. The van der Waals surface area contributed by atoms with Gasteiger partial charge in [-0.15, -0.1) is 0 Å². The second kappa shape index (κ2) is 7.31. The van der Waals surface area contributed by atoms with E-state index in [1.54, 1.807) is 24.3 Å². The Hall–Kier alpha value is -3.02. The molecule has 0 atom stereocenters. The number of nitrogens with one attached hydrogen (secondary N) is 1. The molecule has 1 heterocycles. The van der Waals surface area contributed by atoms with Gasteiger partial charge in [0.15, 0.2) is 0 Å². The van der Waals surface area contributed by atoms with Crippen LogP contribution in [0, 0.1) is 17.1 Å². The molecule has 0 fully saturated rings. The zero-order valence-corrected chi connectivity index (χ0v) is 15.2. The molecule has 2 aromatic carbocycles. The van der Waals surface area contributed by atoms with Crippen molar-refractivity contribution in [3.63, 3.8) is 0 Å². The quantitative estimate of drug-likeness (QED) is 0.721. The maximum absolute atomic E-state index is 13.9. The van der Waals surface area contributed by atoms with E-state index in [2.05, 4.69) is 4.98 Å². The minimum Gasteiger partial charge on any atom is -0.274 e. The summed E-state index contributed by atoms with van der Waals surface area (Å²) in [6, 6.07) is 11.4. The topological polar surface area (TPSA) is 99.9 Å². The third-order valence-corrected chi connectivity index (χ3v) is 5.31. The van der Waals surface area contributed by atoms with Gasteiger partial charge in [-0.3, -0.25) is 9.78 Å². The summed E-state index contributed by atoms with van der Waals surface area (Å²) < 4.78 is 41.0. The second-order valence-corrected chi connectivity index (χ2v) is 7.69. The molecule has 1 amide bonds. The van der Waals surface area contributed by atoms with Gasteiger partial charge >= 0.3 is 0 Å². The van der Waals surface area contributed by atoms with Crippen LogP contribution in [0.5, 0.6) is 0 Å². The number of halogens is 2. The van der Waals surface area contributed by atoms with Crippen molar-refractivity contribution >= 4 is 38.4 Å². The Labute approximate surface area is 159 Å². The Bertz CT molecular complexity index is 1210. The highest BCUT2D eigenvalue weighted by Gasteiger charge is 2.22. The highest BCUT2D eigenvalue weighted by Crippen LogP contribution is 2.25. The Balaban J connectivity index is 1.89. The molecule has 1 aromatic heterocycles.